The topological polar surface area (TPSA) is 78.9 Å². The second-order valence-electron chi connectivity index (χ2n) is 13.2. The van der Waals surface area contributed by atoms with E-state index in [-0.39, 0.29) is 5.97 Å². The van der Waals surface area contributed by atoms with Gasteiger partial charge < -0.3 is 14.2 Å². The largest absolute Gasteiger partial charge is 0.466 e. The normalized spacial score (nSPS) is 10.7. The highest BCUT2D eigenvalue weighted by Crippen LogP contribution is 2.14. The number of esters is 3. The van der Waals surface area contributed by atoms with Gasteiger partial charge in [0.2, 0.25) is 0 Å². The number of rotatable bonds is 31. The van der Waals surface area contributed by atoms with Crippen molar-refractivity contribution in [2.75, 3.05) is 19.8 Å². The smallest absolute Gasteiger partial charge is 0.339 e. The van der Waals surface area contributed by atoms with Crippen molar-refractivity contribution >= 4 is 17.9 Å². The van der Waals surface area contributed by atoms with Gasteiger partial charge in [-0.3, -0.25) is 4.79 Å². The predicted molar refractivity (Wildman–Crippen MR) is 201 cm³/mol. The summed E-state index contributed by atoms with van der Waals surface area (Å²) in [6, 6.07) is 6.74. The quantitative estimate of drug-likeness (QED) is 0.0443. The number of hydrogen-bond acceptors (Lipinski definition) is 6. The van der Waals surface area contributed by atoms with Gasteiger partial charge in [0.15, 0.2) is 0 Å². The lowest BCUT2D eigenvalue weighted by molar-refractivity contribution is -0.143. The second kappa shape index (κ2) is 35.9. The van der Waals surface area contributed by atoms with Crippen LogP contribution in [0.15, 0.2) is 24.3 Å². The van der Waals surface area contributed by atoms with Crippen LogP contribution in [0.1, 0.15) is 215 Å². The molecule has 0 N–H and O–H groups in total. The lowest BCUT2D eigenvalue weighted by Gasteiger charge is -2.10. The zero-order valence-corrected chi connectivity index (χ0v) is 31.8. The molecule has 1 rings (SSSR count). The minimum Gasteiger partial charge on any atom is -0.466 e. The third-order valence-corrected chi connectivity index (χ3v) is 8.57. The number of carbonyl (C=O) groups is 3. The molecule has 0 saturated heterocycles. The summed E-state index contributed by atoms with van der Waals surface area (Å²) in [5.41, 5.74) is 0.586. The van der Waals surface area contributed by atoms with Crippen molar-refractivity contribution in [3.8, 4) is 0 Å². The summed E-state index contributed by atoms with van der Waals surface area (Å²) in [7, 11) is 0. The fourth-order valence-corrected chi connectivity index (χ4v) is 5.46. The molecule has 0 radical (unpaired) electrons. The number of ether oxygens (including phenoxy) is 3. The van der Waals surface area contributed by atoms with Crippen LogP contribution >= 0.6 is 0 Å². The highest BCUT2D eigenvalue weighted by molar-refractivity contribution is 6.03. The minimum absolute atomic E-state index is 0.00412. The Labute approximate surface area is 295 Å². The van der Waals surface area contributed by atoms with Gasteiger partial charge in [-0.15, -0.1) is 0 Å². The Kier molecular flexibility index (Phi) is 34.2. The third kappa shape index (κ3) is 28.6. The van der Waals surface area contributed by atoms with E-state index in [1.54, 1.807) is 24.3 Å². The Bertz CT molecular complexity index is 834. The minimum atomic E-state index is -0.444. The molecular weight excluding hydrogens is 600 g/mol. The van der Waals surface area contributed by atoms with Gasteiger partial charge in [-0.1, -0.05) is 175 Å². The van der Waals surface area contributed by atoms with Crippen molar-refractivity contribution in [3.05, 3.63) is 35.4 Å². The van der Waals surface area contributed by atoms with Gasteiger partial charge in [0.25, 0.3) is 0 Å². The van der Waals surface area contributed by atoms with E-state index in [1.165, 1.54) is 122 Å². The Morgan fingerprint density at radius 1 is 0.396 bits per heavy atom. The monoisotopic (exact) mass is 675 g/mol. The maximum Gasteiger partial charge on any atom is 0.339 e. The first kappa shape index (κ1) is 45.6. The van der Waals surface area contributed by atoms with Crippen LogP contribution in [0.5, 0.6) is 0 Å². The Balaban J connectivity index is 0.000000977. The van der Waals surface area contributed by atoms with E-state index in [2.05, 4.69) is 27.7 Å². The first-order valence-corrected chi connectivity index (χ1v) is 20.1. The Morgan fingerprint density at radius 2 is 0.688 bits per heavy atom. The van der Waals surface area contributed by atoms with Gasteiger partial charge in [-0.2, -0.15) is 0 Å². The van der Waals surface area contributed by atoms with Gasteiger partial charge in [-0.25, -0.2) is 9.59 Å². The predicted octanol–water partition coefficient (Wildman–Crippen LogP) is 12.8. The number of benzene rings is 1. The Hall–Kier alpha value is -2.37. The van der Waals surface area contributed by atoms with Crippen molar-refractivity contribution in [2.24, 2.45) is 0 Å². The molecule has 0 aliphatic rings. The van der Waals surface area contributed by atoms with Crippen LogP contribution in [0.4, 0.5) is 0 Å². The summed E-state index contributed by atoms with van der Waals surface area (Å²) in [5.74, 6) is -0.884. The van der Waals surface area contributed by atoms with Crippen molar-refractivity contribution in [2.45, 2.75) is 195 Å². The third-order valence-electron chi connectivity index (χ3n) is 8.57. The summed E-state index contributed by atoms with van der Waals surface area (Å²) >= 11 is 0. The molecule has 6 nitrogen and oxygen atoms in total. The molecule has 1 aromatic carbocycles. The Morgan fingerprint density at radius 3 is 1.06 bits per heavy atom. The van der Waals surface area contributed by atoms with E-state index in [9.17, 15) is 14.4 Å². The van der Waals surface area contributed by atoms with Crippen LogP contribution in [0, 0.1) is 0 Å². The summed E-state index contributed by atoms with van der Waals surface area (Å²) in [5, 5.41) is 0. The molecular formula is C42H74O6. The van der Waals surface area contributed by atoms with Gasteiger partial charge in [0.05, 0.1) is 30.9 Å². The molecule has 0 amide bonds. The molecule has 0 spiro atoms. The van der Waals surface area contributed by atoms with Crippen molar-refractivity contribution in [1.29, 1.82) is 0 Å². The number of hydrogen-bond donors (Lipinski definition) is 0. The first-order chi connectivity index (χ1) is 23.5. The highest BCUT2D eigenvalue weighted by atomic mass is 16.5. The van der Waals surface area contributed by atoms with E-state index < -0.39 is 11.9 Å². The van der Waals surface area contributed by atoms with Gasteiger partial charge in [-0.05, 0) is 37.8 Å². The van der Waals surface area contributed by atoms with E-state index in [4.69, 9.17) is 14.2 Å². The number of carbonyl (C=O) groups excluding carboxylic acids is 3. The van der Waals surface area contributed by atoms with E-state index >= 15 is 0 Å². The van der Waals surface area contributed by atoms with Crippen molar-refractivity contribution < 1.29 is 28.6 Å². The maximum atomic E-state index is 12.4. The van der Waals surface area contributed by atoms with Crippen LogP contribution in [-0.2, 0) is 19.0 Å². The van der Waals surface area contributed by atoms with Gasteiger partial charge >= 0.3 is 17.9 Å². The molecule has 0 aliphatic heterocycles. The lowest BCUT2D eigenvalue weighted by Crippen LogP contribution is -2.15. The van der Waals surface area contributed by atoms with Gasteiger partial charge in [0.1, 0.15) is 0 Å². The standard InChI is InChI=1S/C24H38O4.C18H36O2/c1-3-5-7-9-11-15-19-27-23(25)21-17-13-14-18-22(21)24(26)28-20-16-12-10-8-6-4-2;1-3-5-7-9-10-11-12-13-14-16-18(19)20-17-15-8-6-4-2/h13-14,17-18H,3-12,15-16,19-20H2,1-2H3;3-17H2,1-2H3. The molecule has 278 valence electrons. The van der Waals surface area contributed by atoms with Crippen LogP contribution < -0.4 is 0 Å². The second-order valence-corrected chi connectivity index (χ2v) is 13.2. The molecule has 6 heteroatoms. The molecule has 1 aromatic rings. The summed E-state index contributed by atoms with van der Waals surface area (Å²) in [6.45, 7) is 10.2. The van der Waals surface area contributed by atoms with Crippen LogP contribution in [0.25, 0.3) is 0 Å². The lowest BCUT2D eigenvalue weighted by atomic mass is 10.1. The van der Waals surface area contributed by atoms with Crippen molar-refractivity contribution in [3.63, 3.8) is 0 Å². The van der Waals surface area contributed by atoms with E-state index in [0.717, 1.165) is 38.5 Å². The van der Waals surface area contributed by atoms with Crippen LogP contribution in [0.2, 0.25) is 0 Å². The zero-order chi connectivity index (χ0) is 35.3. The zero-order valence-electron chi connectivity index (χ0n) is 31.8. The van der Waals surface area contributed by atoms with E-state index in [1.807, 2.05) is 0 Å². The molecule has 0 atom stereocenters. The summed E-state index contributed by atoms with van der Waals surface area (Å²) < 4.78 is 15.9. The molecule has 0 fully saturated rings. The maximum absolute atomic E-state index is 12.4. The molecule has 0 bridgehead atoms. The molecule has 0 saturated carbocycles. The van der Waals surface area contributed by atoms with Crippen molar-refractivity contribution in [1.82, 2.24) is 0 Å². The van der Waals surface area contributed by atoms with E-state index in [0.29, 0.717) is 37.4 Å². The molecule has 0 aromatic heterocycles. The average Bonchev–Trinajstić information content (AvgIpc) is 3.10. The first-order valence-electron chi connectivity index (χ1n) is 20.1. The van der Waals surface area contributed by atoms with Crippen LogP contribution in [-0.4, -0.2) is 37.7 Å². The van der Waals surface area contributed by atoms with Gasteiger partial charge in [0, 0.05) is 6.42 Å². The fourth-order valence-electron chi connectivity index (χ4n) is 5.46. The SMILES string of the molecule is CCCCCCCCCCCC(=O)OCCCCCC.CCCCCCCCOC(=O)c1ccccc1C(=O)OCCCCCCCC. The highest BCUT2D eigenvalue weighted by Gasteiger charge is 2.18. The molecule has 48 heavy (non-hydrogen) atoms. The summed E-state index contributed by atoms with van der Waals surface area (Å²) in [6.07, 6.45) is 30.5. The number of unbranched alkanes of at least 4 members (excludes halogenated alkanes) is 21. The molecule has 0 aliphatic carbocycles. The molecule has 0 unspecified atom stereocenters. The molecule has 0 heterocycles. The average molecular weight is 675 g/mol. The van der Waals surface area contributed by atoms with Crippen LogP contribution in [0.3, 0.4) is 0 Å². The fraction of sp³-hybridized carbons (Fsp3) is 0.786. The summed E-state index contributed by atoms with van der Waals surface area (Å²) in [4.78, 5) is 36.2.